The second-order valence-electron chi connectivity index (χ2n) is 4.10. The molecule has 4 heteroatoms. The van der Waals surface area contributed by atoms with Crippen LogP contribution in [0.5, 0.6) is 0 Å². The van der Waals surface area contributed by atoms with E-state index in [2.05, 4.69) is 11.1 Å². The molecular formula is C13H18N2OS. The van der Waals surface area contributed by atoms with E-state index in [1.54, 1.807) is 11.3 Å². The quantitative estimate of drug-likeness (QED) is 0.887. The summed E-state index contributed by atoms with van der Waals surface area (Å²) in [6, 6.07) is 8.18. The zero-order valence-corrected chi connectivity index (χ0v) is 11.0. The van der Waals surface area contributed by atoms with Crippen molar-refractivity contribution in [3.8, 4) is 0 Å². The molecule has 0 spiro atoms. The Morgan fingerprint density at radius 2 is 2.18 bits per heavy atom. The minimum Gasteiger partial charge on any atom is -0.377 e. The monoisotopic (exact) mass is 250 g/mol. The molecule has 0 radical (unpaired) electrons. The van der Waals surface area contributed by atoms with Gasteiger partial charge in [-0.3, -0.25) is 0 Å². The van der Waals surface area contributed by atoms with Gasteiger partial charge in [-0.05, 0) is 26.0 Å². The summed E-state index contributed by atoms with van der Waals surface area (Å²) in [5.41, 5.74) is 7.16. The first kappa shape index (κ1) is 12.5. The average Bonchev–Trinajstić information content (AvgIpc) is 2.71. The minimum atomic E-state index is 0.00973. The molecule has 92 valence electrons. The highest BCUT2D eigenvalue weighted by Crippen LogP contribution is 2.22. The second-order valence-corrected chi connectivity index (χ2v) is 5.22. The molecule has 2 aromatic rings. The third kappa shape index (κ3) is 3.03. The van der Waals surface area contributed by atoms with Crippen molar-refractivity contribution < 1.29 is 4.74 Å². The molecule has 0 aliphatic rings. The fourth-order valence-corrected chi connectivity index (χ4v) is 2.80. The van der Waals surface area contributed by atoms with Crippen LogP contribution in [0.25, 0.3) is 10.2 Å². The molecule has 1 heterocycles. The maximum absolute atomic E-state index is 6.10. The number of aromatic nitrogens is 1. The van der Waals surface area contributed by atoms with Crippen molar-refractivity contribution in [2.45, 2.75) is 32.4 Å². The van der Waals surface area contributed by atoms with Crippen molar-refractivity contribution in [2.24, 2.45) is 5.73 Å². The van der Waals surface area contributed by atoms with E-state index in [1.165, 1.54) is 4.70 Å². The molecule has 0 aliphatic heterocycles. The van der Waals surface area contributed by atoms with Crippen molar-refractivity contribution in [2.75, 3.05) is 6.61 Å². The molecule has 0 aliphatic carbocycles. The van der Waals surface area contributed by atoms with Crippen molar-refractivity contribution in [1.29, 1.82) is 0 Å². The van der Waals surface area contributed by atoms with Gasteiger partial charge in [-0.2, -0.15) is 0 Å². The van der Waals surface area contributed by atoms with Gasteiger partial charge in [-0.25, -0.2) is 4.98 Å². The smallest absolute Gasteiger partial charge is 0.0955 e. The number of para-hydroxylation sites is 1. The third-order valence-corrected chi connectivity index (χ3v) is 3.84. The highest BCUT2D eigenvalue weighted by atomic mass is 32.1. The van der Waals surface area contributed by atoms with E-state index in [-0.39, 0.29) is 12.1 Å². The van der Waals surface area contributed by atoms with Crippen LogP contribution in [0.4, 0.5) is 0 Å². The van der Waals surface area contributed by atoms with Crippen LogP contribution < -0.4 is 5.73 Å². The van der Waals surface area contributed by atoms with E-state index in [4.69, 9.17) is 10.5 Å². The molecule has 1 aromatic heterocycles. The number of thiazole rings is 1. The summed E-state index contributed by atoms with van der Waals surface area (Å²) in [5.74, 6) is 0. The SMILES string of the molecule is CCOC(C)C(N)Cc1nc2ccccc2s1. The second kappa shape index (κ2) is 5.58. The van der Waals surface area contributed by atoms with Crippen LogP contribution in [0.3, 0.4) is 0 Å². The lowest BCUT2D eigenvalue weighted by molar-refractivity contribution is 0.0577. The fourth-order valence-electron chi connectivity index (χ4n) is 1.76. The van der Waals surface area contributed by atoms with Crippen LogP contribution in [-0.4, -0.2) is 23.7 Å². The van der Waals surface area contributed by atoms with Crippen molar-refractivity contribution in [1.82, 2.24) is 4.98 Å². The Labute approximate surface area is 106 Å². The predicted octanol–water partition coefficient (Wildman–Crippen LogP) is 2.59. The standard InChI is InChI=1S/C13H18N2OS/c1-3-16-9(2)10(14)8-13-15-11-6-4-5-7-12(11)17-13/h4-7,9-10H,3,8,14H2,1-2H3. The van der Waals surface area contributed by atoms with Gasteiger partial charge in [-0.1, -0.05) is 12.1 Å². The molecule has 2 N–H and O–H groups in total. The molecule has 2 rings (SSSR count). The summed E-state index contributed by atoms with van der Waals surface area (Å²) in [5, 5.41) is 1.09. The van der Waals surface area contributed by atoms with Gasteiger partial charge in [-0.15, -0.1) is 11.3 Å². The molecule has 0 saturated carbocycles. The van der Waals surface area contributed by atoms with Crippen LogP contribution in [-0.2, 0) is 11.2 Å². The molecular weight excluding hydrogens is 232 g/mol. The van der Waals surface area contributed by atoms with Crippen LogP contribution >= 0.6 is 11.3 Å². The van der Waals surface area contributed by atoms with Gasteiger partial charge in [0.05, 0.1) is 21.3 Å². The minimum absolute atomic E-state index is 0.00973. The lowest BCUT2D eigenvalue weighted by atomic mass is 10.1. The van der Waals surface area contributed by atoms with Crippen LogP contribution in [0.15, 0.2) is 24.3 Å². The van der Waals surface area contributed by atoms with E-state index in [0.29, 0.717) is 6.61 Å². The number of rotatable bonds is 5. The lowest BCUT2D eigenvalue weighted by Crippen LogP contribution is -2.36. The third-order valence-electron chi connectivity index (χ3n) is 2.78. The Hall–Kier alpha value is -0.970. The van der Waals surface area contributed by atoms with Crippen molar-refractivity contribution in [3.63, 3.8) is 0 Å². The van der Waals surface area contributed by atoms with Gasteiger partial charge in [0.2, 0.25) is 0 Å². The molecule has 1 aromatic carbocycles. The van der Waals surface area contributed by atoms with Gasteiger partial charge in [0.1, 0.15) is 0 Å². The molecule has 2 unspecified atom stereocenters. The molecule has 0 amide bonds. The Bertz CT molecular complexity index is 450. The van der Waals surface area contributed by atoms with Gasteiger partial charge < -0.3 is 10.5 Å². The van der Waals surface area contributed by atoms with Crippen LogP contribution in [0.2, 0.25) is 0 Å². The summed E-state index contributed by atoms with van der Waals surface area (Å²) in [7, 11) is 0. The summed E-state index contributed by atoms with van der Waals surface area (Å²) in [6.45, 7) is 4.71. The number of benzene rings is 1. The van der Waals surface area contributed by atoms with Gasteiger partial charge in [0, 0.05) is 19.1 Å². The normalized spacial score (nSPS) is 15.0. The molecule has 0 bridgehead atoms. The zero-order chi connectivity index (χ0) is 12.3. The first-order valence-corrected chi connectivity index (χ1v) is 6.74. The Balaban J connectivity index is 2.07. The zero-order valence-electron chi connectivity index (χ0n) is 10.2. The maximum Gasteiger partial charge on any atom is 0.0955 e. The summed E-state index contributed by atoms with van der Waals surface area (Å²) >= 11 is 1.71. The number of hydrogen-bond acceptors (Lipinski definition) is 4. The Kier molecular flexibility index (Phi) is 4.10. The number of hydrogen-bond donors (Lipinski definition) is 1. The summed E-state index contributed by atoms with van der Waals surface area (Å²) in [4.78, 5) is 4.58. The summed E-state index contributed by atoms with van der Waals surface area (Å²) in [6.07, 6.45) is 0.854. The van der Waals surface area contributed by atoms with E-state index >= 15 is 0 Å². The first-order valence-electron chi connectivity index (χ1n) is 5.92. The lowest BCUT2D eigenvalue weighted by Gasteiger charge is -2.18. The largest absolute Gasteiger partial charge is 0.377 e. The fraction of sp³-hybridized carbons (Fsp3) is 0.462. The molecule has 17 heavy (non-hydrogen) atoms. The number of nitrogens with zero attached hydrogens (tertiary/aromatic N) is 1. The van der Waals surface area contributed by atoms with E-state index in [9.17, 15) is 0 Å². The van der Waals surface area contributed by atoms with Crippen molar-refractivity contribution >= 4 is 21.6 Å². The topological polar surface area (TPSA) is 48.1 Å². The average molecular weight is 250 g/mol. The van der Waals surface area contributed by atoms with E-state index in [0.717, 1.165) is 16.9 Å². The maximum atomic E-state index is 6.10. The highest BCUT2D eigenvalue weighted by Gasteiger charge is 2.15. The Morgan fingerprint density at radius 1 is 1.41 bits per heavy atom. The molecule has 2 atom stereocenters. The predicted molar refractivity (Wildman–Crippen MR) is 72.4 cm³/mol. The summed E-state index contributed by atoms with van der Waals surface area (Å²) < 4.78 is 6.72. The Morgan fingerprint density at radius 3 is 2.88 bits per heavy atom. The van der Waals surface area contributed by atoms with Crippen LogP contribution in [0, 0.1) is 0 Å². The van der Waals surface area contributed by atoms with Gasteiger partial charge >= 0.3 is 0 Å². The first-order chi connectivity index (χ1) is 8.20. The van der Waals surface area contributed by atoms with Gasteiger partial charge in [0.25, 0.3) is 0 Å². The number of fused-ring (bicyclic) bond motifs is 1. The van der Waals surface area contributed by atoms with E-state index < -0.39 is 0 Å². The van der Waals surface area contributed by atoms with Gasteiger partial charge in [0.15, 0.2) is 0 Å². The number of nitrogens with two attached hydrogens (primary N) is 1. The highest BCUT2D eigenvalue weighted by molar-refractivity contribution is 7.18. The van der Waals surface area contributed by atoms with Crippen LogP contribution in [0.1, 0.15) is 18.9 Å². The van der Waals surface area contributed by atoms with Crippen molar-refractivity contribution in [3.05, 3.63) is 29.3 Å². The molecule has 3 nitrogen and oxygen atoms in total. The van der Waals surface area contributed by atoms with E-state index in [1.807, 2.05) is 32.0 Å². The molecule has 0 fully saturated rings. The molecule has 0 saturated heterocycles. The number of ether oxygens (including phenoxy) is 1.